The maximum atomic E-state index is 12.5. The molecule has 0 atom stereocenters. The third-order valence-electron chi connectivity index (χ3n) is 4.65. The summed E-state index contributed by atoms with van der Waals surface area (Å²) in [7, 11) is 0. The van der Waals surface area contributed by atoms with Crippen molar-refractivity contribution in [2.24, 2.45) is 0 Å². The van der Waals surface area contributed by atoms with E-state index in [1.54, 1.807) is 40.1 Å². The highest BCUT2D eigenvalue weighted by atomic mass is 35.5. The van der Waals surface area contributed by atoms with Crippen LogP contribution in [0.1, 0.15) is 12.0 Å². The van der Waals surface area contributed by atoms with Crippen molar-refractivity contribution in [1.29, 1.82) is 0 Å². The lowest BCUT2D eigenvalue weighted by Gasteiger charge is -2.22. The average molecular weight is 436 g/mol. The highest BCUT2D eigenvalue weighted by Gasteiger charge is 2.22. The molecule has 1 N–H and O–H groups in total. The predicted molar refractivity (Wildman–Crippen MR) is 114 cm³/mol. The summed E-state index contributed by atoms with van der Waals surface area (Å²) >= 11 is 12.1. The first-order valence-electron chi connectivity index (χ1n) is 9.43. The maximum Gasteiger partial charge on any atom is 0.321 e. The molecule has 0 spiro atoms. The van der Waals surface area contributed by atoms with Gasteiger partial charge in [0.2, 0.25) is 5.91 Å². The van der Waals surface area contributed by atoms with Gasteiger partial charge in [-0.05, 0) is 36.2 Å². The molecule has 0 radical (unpaired) electrons. The number of hydrogen-bond donors (Lipinski definition) is 1. The number of nitrogens with one attached hydrogen (secondary N) is 1. The second kappa shape index (κ2) is 10.5. The molecule has 0 aromatic heterocycles. The van der Waals surface area contributed by atoms with Crippen LogP contribution in [0.3, 0.4) is 0 Å². The van der Waals surface area contributed by atoms with Gasteiger partial charge in [-0.2, -0.15) is 0 Å². The number of halogens is 2. The van der Waals surface area contributed by atoms with Crippen LogP contribution in [0.4, 0.5) is 10.5 Å². The first kappa shape index (κ1) is 21.4. The Morgan fingerprint density at radius 2 is 1.72 bits per heavy atom. The summed E-state index contributed by atoms with van der Waals surface area (Å²) in [6, 6.07) is 14.2. The quantitative estimate of drug-likeness (QED) is 0.762. The average Bonchev–Trinajstić information content (AvgIpc) is 2.96. The van der Waals surface area contributed by atoms with Crippen LogP contribution in [-0.4, -0.2) is 54.5 Å². The molecular weight excluding hydrogens is 413 g/mol. The van der Waals surface area contributed by atoms with Crippen LogP contribution in [0.2, 0.25) is 10.0 Å². The van der Waals surface area contributed by atoms with E-state index in [9.17, 15) is 9.59 Å². The van der Waals surface area contributed by atoms with E-state index in [0.717, 1.165) is 5.56 Å². The van der Waals surface area contributed by atoms with E-state index in [-0.39, 0.29) is 25.2 Å². The number of urea groups is 1. The molecule has 3 rings (SSSR count). The number of carbonyl (C=O) groups is 2. The van der Waals surface area contributed by atoms with Gasteiger partial charge in [0.15, 0.2) is 0 Å². The number of carbonyl (C=O) groups excluding carboxylic acids is 2. The molecule has 0 unspecified atom stereocenters. The van der Waals surface area contributed by atoms with E-state index in [4.69, 9.17) is 27.9 Å². The molecule has 29 heavy (non-hydrogen) atoms. The second-order valence-electron chi connectivity index (χ2n) is 6.75. The van der Waals surface area contributed by atoms with Crippen LogP contribution in [0, 0.1) is 0 Å². The first-order chi connectivity index (χ1) is 14.0. The highest BCUT2D eigenvalue weighted by molar-refractivity contribution is 6.31. The molecule has 1 saturated heterocycles. The van der Waals surface area contributed by atoms with E-state index < -0.39 is 0 Å². The van der Waals surface area contributed by atoms with Gasteiger partial charge in [-0.15, -0.1) is 0 Å². The molecule has 2 aromatic carbocycles. The van der Waals surface area contributed by atoms with E-state index in [2.05, 4.69) is 5.32 Å². The number of rotatable bonds is 5. The monoisotopic (exact) mass is 435 g/mol. The predicted octanol–water partition coefficient (Wildman–Crippen LogP) is 4.28. The van der Waals surface area contributed by atoms with Crippen LogP contribution in [0.15, 0.2) is 48.5 Å². The fourth-order valence-corrected chi connectivity index (χ4v) is 3.47. The zero-order valence-electron chi connectivity index (χ0n) is 15.9. The molecule has 154 valence electrons. The van der Waals surface area contributed by atoms with E-state index in [1.165, 1.54) is 0 Å². The molecule has 0 saturated carbocycles. The standard InChI is InChI=1S/C21H23Cl2N3O3/c22-17-6-3-7-18(13-17)24-21(28)26-10-4-9-25(11-12-26)20(27)15-29-14-16-5-1-2-8-19(16)23/h1-3,5-8,13H,4,9-12,14-15H2,(H,24,28). The van der Waals surface area contributed by atoms with Gasteiger partial charge < -0.3 is 19.9 Å². The van der Waals surface area contributed by atoms with Crippen molar-refractivity contribution in [1.82, 2.24) is 9.80 Å². The van der Waals surface area contributed by atoms with Gasteiger partial charge in [-0.1, -0.05) is 47.5 Å². The van der Waals surface area contributed by atoms with Gasteiger partial charge >= 0.3 is 6.03 Å². The Balaban J connectivity index is 1.45. The Morgan fingerprint density at radius 3 is 2.52 bits per heavy atom. The number of nitrogens with zero attached hydrogens (tertiary/aromatic N) is 2. The zero-order valence-corrected chi connectivity index (χ0v) is 17.5. The van der Waals surface area contributed by atoms with Crippen molar-refractivity contribution in [2.45, 2.75) is 13.0 Å². The molecule has 2 aromatic rings. The van der Waals surface area contributed by atoms with E-state index in [1.807, 2.05) is 18.2 Å². The number of ether oxygens (including phenoxy) is 1. The Kier molecular flexibility index (Phi) is 7.75. The van der Waals surface area contributed by atoms with Crippen LogP contribution in [0.5, 0.6) is 0 Å². The van der Waals surface area contributed by atoms with Gasteiger partial charge in [0.1, 0.15) is 6.61 Å². The molecule has 1 aliphatic rings. The topological polar surface area (TPSA) is 61.9 Å². The SMILES string of the molecule is O=C(COCc1ccccc1Cl)N1CCCN(C(=O)Nc2cccc(Cl)c2)CC1. The van der Waals surface area contributed by atoms with Crippen molar-refractivity contribution in [2.75, 3.05) is 38.1 Å². The zero-order chi connectivity index (χ0) is 20.6. The number of anilines is 1. The minimum atomic E-state index is -0.198. The van der Waals surface area contributed by atoms with Crippen LogP contribution in [-0.2, 0) is 16.1 Å². The number of hydrogen-bond acceptors (Lipinski definition) is 3. The van der Waals surface area contributed by atoms with Crippen molar-refractivity contribution < 1.29 is 14.3 Å². The smallest absolute Gasteiger partial charge is 0.321 e. The maximum absolute atomic E-state index is 12.5. The lowest BCUT2D eigenvalue weighted by Crippen LogP contribution is -2.40. The van der Waals surface area contributed by atoms with Gasteiger partial charge in [-0.25, -0.2) is 4.79 Å². The molecule has 0 bridgehead atoms. The molecule has 6 nitrogen and oxygen atoms in total. The molecule has 3 amide bonds. The van der Waals surface area contributed by atoms with Crippen molar-refractivity contribution >= 4 is 40.8 Å². The summed E-state index contributed by atoms with van der Waals surface area (Å²) in [5.74, 6) is -0.0887. The lowest BCUT2D eigenvalue weighted by molar-refractivity contribution is -0.136. The third-order valence-corrected chi connectivity index (χ3v) is 5.26. The summed E-state index contributed by atoms with van der Waals surface area (Å²) in [4.78, 5) is 28.4. The summed E-state index contributed by atoms with van der Waals surface area (Å²) in [5.41, 5.74) is 1.49. The largest absolute Gasteiger partial charge is 0.367 e. The van der Waals surface area contributed by atoms with E-state index in [0.29, 0.717) is 48.3 Å². The van der Waals surface area contributed by atoms with Gasteiger partial charge in [-0.3, -0.25) is 4.79 Å². The Hall–Kier alpha value is -2.28. The summed E-state index contributed by atoms with van der Waals surface area (Å²) in [6.07, 6.45) is 0.708. The Bertz CT molecular complexity index is 863. The normalized spacial score (nSPS) is 14.4. The highest BCUT2D eigenvalue weighted by Crippen LogP contribution is 2.17. The minimum absolute atomic E-state index is 0.0140. The molecular formula is C21H23Cl2N3O3. The minimum Gasteiger partial charge on any atom is -0.367 e. The summed E-state index contributed by atoms with van der Waals surface area (Å²) in [5, 5.41) is 4.03. The molecule has 1 heterocycles. The molecule has 8 heteroatoms. The van der Waals surface area contributed by atoms with Crippen LogP contribution >= 0.6 is 23.2 Å². The number of benzene rings is 2. The summed E-state index contributed by atoms with van der Waals surface area (Å²) < 4.78 is 5.54. The fourth-order valence-electron chi connectivity index (χ4n) is 3.09. The fraction of sp³-hybridized carbons (Fsp3) is 0.333. The Morgan fingerprint density at radius 1 is 0.966 bits per heavy atom. The molecule has 1 fully saturated rings. The van der Waals surface area contributed by atoms with Crippen molar-refractivity contribution in [3.05, 3.63) is 64.1 Å². The molecule has 0 aliphatic carbocycles. The number of amides is 3. The van der Waals surface area contributed by atoms with Gasteiger partial charge in [0.05, 0.1) is 6.61 Å². The van der Waals surface area contributed by atoms with Crippen LogP contribution < -0.4 is 5.32 Å². The second-order valence-corrected chi connectivity index (χ2v) is 7.59. The molecule has 1 aliphatic heterocycles. The Labute approximate surface area is 180 Å². The van der Waals surface area contributed by atoms with E-state index >= 15 is 0 Å². The van der Waals surface area contributed by atoms with Crippen LogP contribution in [0.25, 0.3) is 0 Å². The van der Waals surface area contributed by atoms with Gasteiger partial charge in [0.25, 0.3) is 0 Å². The lowest BCUT2D eigenvalue weighted by atomic mass is 10.2. The summed E-state index contributed by atoms with van der Waals surface area (Å²) in [6.45, 7) is 2.37. The van der Waals surface area contributed by atoms with Gasteiger partial charge in [0, 0.05) is 41.9 Å². The third kappa shape index (κ3) is 6.35. The van der Waals surface area contributed by atoms with Crippen molar-refractivity contribution in [3.8, 4) is 0 Å². The van der Waals surface area contributed by atoms with Crippen molar-refractivity contribution in [3.63, 3.8) is 0 Å². The first-order valence-corrected chi connectivity index (χ1v) is 10.2.